The van der Waals surface area contributed by atoms with Crippen molar-refractivity contribution in [1.82, 2.24) is 4.90 Å². The van der Waals surface area contributed by atoms with Crippen molar-refractivity contribution in [3.8, 4) is 0 Å². The number of benzene rings is 2. The van der Waals surface area contributed by atoms with Crippen LogP contribution in [0.15, 0.2) is 53.4 Å². The van der Waals surface area contributed by atoms with Gasteiger partial charge in [-0.3, -0.25) is 19.3 Å². The Balaban J connectivity index is 1.60. The molecule has 25 heavy (non-hydrogen) atoms. The van der Waals surface area contributed by atoms with E-state index in [4.69, 9.17) is 0 Å². The molecule has 2 aromatic rings. The van der Waals surface area contributed by atoms with E-state index in [0.29, 0.717) is 17.5 Å². The maximum Gasteiger partial charge on any atom is 0.262 e. The number of nitrogens with one attached hydrogen (secondary N) is 1. The van der Waals surface area contributed by atoms with Crippen LogP contribution in [0, 0.1) is 0 Å². The van der Waals surface area contributed by atoms with E-state index in [2.05, 4.69) is 5.32 Å². The summed E-state index contributed by atoms with van der Waals surface area (Å²) in [5.74, 6) is -0.254. The van der Waals surface area contributed by atoms with Crippen LogP contribution in [0.1, 0.15) is 40.5 Å². The number of carbonyl (C=O) groups excluding carboxylic acids is 3. The maximum absolute atomic E-state index is 12.3. The van der Waals surface area contributed by atoms with Crippen LogP contribution in [0.3, 0.4) is 0 Å². The Bertz CT molecular complexity index is 783. The lowest BCUT2D eigenvalue weighted by Gasteiger charge is -2.13. The third-order valence-corrected chi connectivity index (χ3v) is 4.85. The van der Waals surface area contributed by atoms with Gasteiger partial charge in [0.05, 0.1) is 17.0 Å². The Labute approximate surface area is 150 Å². The number of thioether (sulfide) groups is 1. The number of hydrogen-bond acceptors (Lipinski definition) is 4. The van der Waals surface area contributed by atoms with Gasteiger partial charge in [0, 0.05) is 17.0 Å². The zero-order valence-electron chi connectivity index (χ0n) is 13.8. The van der Waals surface area contributed by atoms with Gasteiger partial charge >= 0.3 is 0 Å². The smallest absolute Gasteiger partial charge is 0.262 e. The van der Waals surface area contributed by atoms with Crippen LogP contribution in [0.2, 0.25) is 0 Å². The molecule has 0 spiro atoms. The van der Waals surface area contributed by atoms with Crippen LogP contribution in [0.25, 0.3) is 0 Å². The summed E-state index contributed by atoms with van der Waals surface area (Å²) >= 11 is 1.41. The Hall–Kier alpha value is -2.60. The van der Waals surface area contributed by atoms with Gasteiger partial charge in [-0.25, -0.2) is 0 Å². The summed E-state index contributed by atoms with van der Waals surface area (Å²) in [7, 11) is 0. The zero-order valence-corrected chi connectivity index (χ0v) is 14.6. The lowest BCUT2D eigenvalue weighted by Crippen LogP contribution is -2.29. The summed E-state index contributed by atoms with van der Waals surface area (Å²) in [5.41, 5.74) is 1.66. The summed E-state index contributed by atoms with van der Waals surface area (Å²) in [5, 5.41) is 2.83. The normalized spacial score (nSPS) is 13.1. The second-order valence-corrected chi connectivity index (χ2v) is 6.70. The molecular weight excluding hydrogens is 336 g/mol. The second kappa shape index (κ2) is 7.53. The summed E-state index contributed by atoms with van der Waals surface area (Å²) < 4.78 is 0. The molecule has 1 aliphatic heterocycles. The van der Waals surface area contributed by atoms with Crippen LogP contribution in [0.5, 0.6) is 0 Å². The van der Waals surface area contributed by atoms with Crippen LogP contribution in [-0.2, 0) is 4.79 Å². The molecule has 0 unspecified atom stereocenters. The average Bonchev–Trinajstić information content (AvgIpc) is 2.86. The molecule has 3 rings (SSSR count). The van der Waals surface area contributed by atoms with E-state index < -0.39 is 0 Å². The van der Waals surface area contributed by atoms with Gasteiger partial charge in [-0.2, -0.15) is 0 Å². The first-order valence-corrected chi connectivity index (χ1v) is 9.06. The number of fused-ring (bicyclic) bond motifs is 1. The molecule has 0 atom stereocenters. The third kappa shape index (κ3) is 3.74. The Morgan fingerprint density at radius 3 is 2.16 bits per heavy atom. The summed E-state index contributed by atoms with van der Waals surface area (Å²) in [6.45, 7) is 1.96. The first-order valence-electron chi connectivity index (χ1n) is 8.08. The molecule has 0 aliphatic carbocycles. The van der Waals surface area contributed by atoms with Crippen LogP contribution >= 0.6 is 11.8 Å². The van der Waals surface area contributed by atoms with E-state index >= 15 is 0 Å². The monoisotopic (exact) mass is 354 g/mol. The highest BCUT2D eigenvalue weighted by atomic mass is 32.2. The average molecular weight is 354 g/mol. The Morgan fingerprint density at radius 2 is 1.60 bits per heavy atom. The minimum atomic E-state index is -0.253. The molecular formula is C19H18N2O3S. The van der Waals surface area contributed by atoms with Gasteiger partial charge in [-0.15, -0.1) is 11.8 Å². The molecule has 1 aliphatic rings. The highest BCUT2D eigenvalue weighted by molar-refractivity contribution is 7.99. The molecule has 2 aromatic carbocycles. The van der Waals surface area contributed by atoms with Crippen molar-refractivity contribution in [1.29, 1.82) is 0 Å². The van der Waals surface area contributed by atoms with E-state index in [-0.39, 0.29) is 23.6 Å². The van der Waals surface area contributed by atoms with Gasteiger partial charge in [-0.05, 0) is 42.8 Å². The third-order valence-electron chi connectivity index (χ3n) is 3.85. The number of rotatable bonds is 6. The van der Waals surface area contributed by atoms with Crippen molar-refractivity contribution in [3.63, 3.8) is 0 Å². The molecule has 1 N–H and O–H groups in total. The number of nitrogens with zero attached hydrogens (tertiary/aromatic N) is 1. The van der Waals surface area contributed by atoms with Crippen LogP contribution in [-0.4, -0.2) is 28.5 Å². The summed E-state index contributed by atoms with van der Waals surface area (Å²) in [4.78, 5) is 38.4. The fourth-order valence-corrected chi connectivity index (χ4v) is 3.42. The molecule has 0 saturated heterocycles. The molecule has 0 fully saturated rings. The van der Waals surface area contributed by atoms with Gasteiger partial charge in [0.15, 0.2) is 0 Å². The number of amides is 3. The number of carbonyl (C=O) groups is 3. The van der Waals surface area contributed by atoms with Crippen LogP contribution in [0.4, 0.5) is 5.69 Å². The molecule has 128 valence electrons. The molecule has 0 saturated carbocycles. The minimum absolute atomic E-state index is 0.00562. The highest BCUT2D eigenvalue weighted by Crippen LogP contribution is 2.27. The SMILES string of the molecule is CCCC(=O)Nc1ccc(SCN2C(=O)c3ccccc3C2=O)cc1. The number of imide groups is 1. The van der Waals surface area contributed by atoms with Gasteiger partial charge in [0.2, 0.25) is 5.91 Å². The molecule has 0 radical (unpaired) electrons. The lowest BCUT2D eigenvalue weighted by molar-refractivity contribution is -0.116. The fourth-order valence-electron chi connectivity index (χ4n) is 2.58. The van der Waals surface area contributed by atoms with Crippen molar-refractivity contribution in [2.24, 2.45) is 0 Å². The van der Waals surface area contributed by atoms with Gasteiger partial charge < -0.3 is 5.32 Å². The largest absolute Gasteiger partial charge is 0.326 e. The quantitative estimate of drug-likeness (QED) is 0.633. The van der Waals surface area contributed by atoms with Gasteiger partial charge in [0.25, 0.3) is 11.8 Å². The van der Waals surface area contributed by atoms with Crippen molar-refractivity contribution in [2.75, 3.05) is 11.2 Å². The predicted octanol–water partition coefficient (Wildman–Crippen LogP) is 3.77. The molecule has 0 aromatic heterocycles. The van der Waals surface area contributed by atoms with Gasteiger partial charge in [0.1, 0.15) is 0 Å². The molecule has 3 amide bonds. The summed E-state index contributed by atoms with van der Waals surface area (Å²) in [6, 6.07) is 14.2. The first kappa shape index (κ1) is 17.2. The van der Waals surface area contributed by atoms with Gasteiger partial charge in [-0.1, -0.05) is 19.1 Å². The molecule has 1 heterocycles. The zero-order chi connectivity index (χ0) is 17.8. The van der Waals surface area contributed by atoms with E-state index in [9.17, 15) is 14.4 Å². The second-order valence-electron chi connectivity index (χ2n) is 5.68. The van der Waals surface area contributed by atoms with E-state index in [1.165, 1.54) is 16.7 Å². The van der Waals surface area contributed by atoms with Crippen molar-refractivity contribution in [2.45, 2.75) is 24.7 Å². The summed E-state index contributed by atoms with van der Waals surface area (Å²) in [6.07, 6.45) is 1.30. The van der Waals surface area contributed by atoms with Crippen molar-refractivity contribution in [3.05, 3.63) is 59.7 Å². The van der Waals surface area contributed by atoms with Crippen LogP contribution < -0.4 is 5.32 Å². The highest BCUT2D eigenvalue weighted by Gasteiger charge is 2.34. The fraction of sp³-hybridized carbons (Fsp3) is 0.211. The minimum Gasteiger partial charge on any atom is -0.326 e. The van der Waals surface area contributed by atoms with Crippen molar-refractivity contribution < 1.29 is 14.4 Å². The molecule has 6 heteroatoms. The van der Waals surface area contributed by atoms with E-state index in [0.717, 1.165) is 17.0 Å². The Kier molecular flexibility index (Phi) is 5.19. The van der Waals surface area contributed by atoms with E-state index in [1.54, 1.807) is 24.3 Å². The molecule has 5 nitrogen and oxygen atoms in total. The number of anilines is 1. The first-order chi connectivity index (χ1) is 12.1. The molecule has 0 bridgehead atoms. The standard InChI is InChI=1S/C19H18N2O3S/c1-2-5-17(22)20-13-8-10-14(11-9-13)25-12-21-18(23)15-6-3-4-7-16(15)19(21)24/h3-4,6-11H,2,5,12H2,1H3,(H,20,22). The maximum atomic E-state index is 12.3. The topological polar surface area (TPSA) is 66.5 Å². The van der Waals surface area contributed by atoms with E-state index in [1.807, 2.05) is 31.2 Å². The number of hydrogen-bond donors (Lipinski definition) is 1. The van der Waals surface area contributed by atoms with Crippen molar-refractivity contribution >= 4 is 35.2 Å². The predicted molar refractivity (Wildman–Crippen MR) is 97.6 cm³/mol. The lowest BCUT2D eigenvalue weighted by atomic mass is 10.1. The Morgan fingerprint density at radius 1 is 1.00 bits per heavy atom.